The van der Waals surface area contributed by atoms with Gasteiger partial charge in [0.15, 0.2) is 0 Å². The van der Waals surface area contributed by atoms with Gasteiger partial charge in [-0.2, -0.15) is 0 Å². The summed E-state index contributed by atoms with van der Waals surface area (Å²) >= 11 is 1.73. The van der Waals surface area contributed by atoms with Crippen molar-refractivity contribution in [2.45, 2.75) is 43.2 Å². The fourth-order valence-corrected chi connectivity index (χ4v) is 4.28. The van der Waals surface area contributed by atoms with E-state index in [1.807, 2.05) is 43.6 Å². The van der Waals surface area contributed by atoms with Crippen LogP contribution in [-0.2, 0) is 14.3 Å². The standard InChI is InChI=1S/C23H29N3O4S/c1-16-14-30-21-9-4-3-7-19(21)17-11-18(13-24-12-17)31-10-6-5-8-20(23(28)25-16)26-22(27)15-29-2/h3-4,7,9,11-13,16,20H,5-6,8,10,14-15H2,1-2H3,(H,25,28)(H,26,27)/t16-,20+/m1/s1. The first-order valence-corrected chi connectivity index (χ1v) is 11.4. The lowest BCUT2D eigenvalue weighted by Crippen LogP contribution is -2.50. The molecule has 8 heteroatoms. The Labute approximate surface area is 187 Å². The summed E-state index contributed by atoms with van der Waals surface area (Å²) in [5, 5.41) is 5.74. The van der Waals surface area contributed by atoms with E-state index in [1.165, 1.54) is 7.11 Å². The normalized spacial score (nSPS) is 20.1. The summed E-state index contributed by atoms with van der Waals surface area (Å²) in [5.74, 6) is 1.14. The molecule has 1 aromatic carbocycles. The van der Waals surface area contributed by atoms with Crippen molar-refractivity contribution in [3.8, 4) is 16.9 Å². The van der Waals surface area contributed by atoms with E-state index in [9.17, 15) is 9.59 Å². The van der Waals surface area contributed by atoms with Crippen molar-refractivity contribution < 1.29 is 19.1 Å². The maximum absolute atomic E-state index is 12.8. The number of benzene rings is 1. The molecule has 2 heterocycles. The van der Waals surface area contributed by atoms with Crippen LogP contribution in [0.3, 0.4) is 0 Å². The number of fused-ring (bicyclic) bond motifs is 4. The maximum atomic E-state index is 12.8. The highest BCUT2D eigenvalue weighted by atomic mass is 32.2. The van der Waals surface area contributed by atoms with Crippen molar-refractivity contribution in [3.05, 3.63) is 42.7 Å². The molecule has 2 atom stereocenters. The van der Waals surface area contributed by atoms with E-state index in [0.717, 1.165) is 40.4 Å². The average Bonchev–Trinajstić information content (AvgIpc) is 2.76. The molecule has 0 saturated heterocycles. The molecule has 1 aliphatic heterocycles. The number of thioether (sulfide) groups is 1. The fourth-order valence-electron chi connectivity index (χ4n) is 3.35. The summed E-state index contributed by atoms with van der Waals surface area (Å²) in [4.78, 5) is 30.3. The Hall–Kier alpha value is -2.58. The zero-order valence-corrected chi connectivity index (χ0v) is 18.7. The Morgan fingerprint density at radius 3 is 3.00 bits per heavy atom. The molecule has 2 N–H and O–H groups in total. The molecular weight excluding hydrogens is 414 g/mol. The number of methoxy groups -OCH3 is 1. The number of pyridine rings is 1. The van der Waals surface area contributed by atoms with E-state index in [4.69, 9.17) is 9.47 Å². The van der Waals surface area contributed by atoms with Crippen LogP contribution in [0.5, 0.6) is 5.75 Å². The molecule has 2 amide bonds. The first kappa shape index (κ1) is 23.1. The second kappa shape index (κ2) is 11.7. The van der Waals surface area contributed by atoms with Gasteiger partial charge in [0.25, 0.3) is 0 Å². The number of para-hydroxylation sites is 1. The molecule has 1 aromatic heterocycles. The monoisotopic (exact) mass is 443 g/mol. The minimum absolute atomic E-state index is 0.0710. The Balaban J connectivity index is 1.79. The molecule has 7 nitrogen and oxygen atoms in total. The molecule has 0 aliphatic carbocycles. The number of hydrogen-bond donors (Lipinski definition) is 2. The Kier molecular flexibility index (Phi) is 8.73. The summed E-state index contributed by atoms with van der Waals surface area (Å²) < 4.78 is 10.9. The van der Waals surface area contributed by atoms with E-state index >= 15 is 0 Å². The van der Waals surface area contributed by atoms with Crippen molar-refractivity contribution in [1.82, 2.24) is 15.6 Å². The second-order valence-electron chi connectivity index (χ2n) is 7.52. The molecule has 2 aromatic rings. The van der Waals surface area contributed by atoms with Crippen LogP contribution in [0.4, 0.5) is 0 Å². The highest BCUT2D eigenvalue weighted by Gasteiger charge is 2.22. The van der Waals surface area contributed by atoms with Gasteiger partial charge in [0.1, 0.15) is 25.0 Å². The molecular formula is C23H29N3O4S. The second-order valence-corrected chi connectivity index (χ2v) is 8.69. The van der Waals surface area contributed by atoms with E-state index in [1.54, 1.807) is 11.8 Å². The average molecular weight is 444 g/mol. The van der Waals surface area contributed by atoms with Crippen LogP contribution < -0.4 is 15.4 Å². The summed E-state index contributed by atoms with van der Waals surface area (Å²) in [7, 11) is 1.46. The number of rotatable bonds is 3. The lowest BCUT2D eigenvalue weighted by atomic mass is 10.1. The zero-order valence-electron chi connectivity index (χ0n) is 17.9. The van der Waals surface area contributed by atoms with Gasteiger partial charge in [-0.25, -0.2) is 0 Å². The number of ether oxygens (including phenoxy) is 2. The minimum atomic E-state index is -0.597. The SMILES string of the molecule is COCC(=O)N[C@H]1CCCCSc2cncc(c2)-c2ccccc2OC[C@@H](C)NC1=O. The van der Waals surface area contributed by atoms with Crippen molar-refractivity contribution >= 4 is 23.6 Å². The topological polar surface area (TPSA) is 89.6 Å². The number of hydrogen-bond acceptors (Lipinski definition) is 6. The molecule has 1 aliphatic rings. The highest BCUT2D eigenvalue weighted by Crippen LogP contribution is 2.32. The third kappa shape index (κ3) is 6.97. The van der Waals surface area contributed by atoms with Gasteiger partial charge in [-0.15, -0.1) is 11.8 Å². The summed E-state index contributed by atoms with van der Waals surface area (Å²) in [5.41, 5.74) is 1.97. The number of aromatic nitrogens is 1. The predicted octanol–water partition coefficient (Wildman–Crippen LogP) is 3.04. The van der Waals surface area contributed by atoms with Gasteiger partial charge >= 0.3 is 0 Å². The molecule has 31 heavy (non-hydrogen) atoms. The number of nitrogens with zero attached hydrogens (tertiary/aromatic N) is 1. The van der Waals surface area contributed by atoms with Crippen LogP contribution in [-0.4, -0.2) is 55.0 Å². The number of carbonyl (C=O) groups is 2. The van der Waals surface area contributed by atoms with Crippen molar-refractivity contribution in [2.24, 2.45) is 0 Å². The van der Waals surface area contributed by atoms with Crippen LogP contribution >= 0.6 is 11.8 Å². The molecule has 0 spiro atoms. The Morgan fingerprint density at radius 1 is 1.32 bits per heavy atom. The third-order valence-electron chi connectivity index (χ3n) is 4.87. The van der Waals surface area contributed by atoms with Crippen LogP contribution in [0, 0.1) is 0 Å². The van der Waals surface area contributed by atoms with Gasteiger partial charge in [0.05, 0.1) is 6.04 Å². The lowest BCUT2D eigenvalue weighted by molar-refractivity contribution is -0.131. The van der Waals surface area contributed by atoms with Crippen LogP contribution in [0.2, 0.25) is 0 Å². The zero-order chi connectivity index (χ0) is 22.1. The highest BCUT2D eigenvalue weighted by molar-refractivity contribution is 7.99. The van der Waals surface area contributed by atoms with Gasteiger partial charge in [-0.3, -0.25) is 14.6 Å². The molecule has 0 saturated carbocycles. The molecule has 3 rings (SSSR count). The molecule has 0 fully saturated rings. The molecule has 0 radical (unpaired) electrons. The number of amides is 2. The van der Waals surface area contributed by atoms with Gasteiger partial charge < -0.3 is 20.1 Å². The van der Waals surface area contributed by atoms with E-state index in [0.29, 0.717) is 13.0 Å². The summed E-state index contributed by atoms with van der Waals surface area (Å²) in [6.07, 6.45) is 6.02. The first-order valence-electron chi connectivity index (χ1n) is 10.5. The van der Waals surface area contributed by atoms with E-state index in [2.05, 4.69) is 21.7 Å². The van der Waals surface area contributed by atoms with E-state index in [-0.39, 0.29) is 24.5 Å². The van der Waals surface area contributed by atoms with Gasteiger partial charge in [-0.05, 0) is 37.7 Å². The third-order valence-corrected chi connectivity index (χ3v) is 5.92. The van der Waals surface area contributed by atoms with Crippen LogP contribution in [0.1, 0.15) is 26.2 Å². The minimum Gasteiger partial charge on any atom is -0.491 e. The van der Waals surface area contributed by atoms with Crippen LogP contribution in [0.15, 0.2) is 47.6 Å². The molecule has 0 unspecified atom stereocenters. The van der Waals surface area contributed by atoms with Crippen molar-refractivity contribution in [2.75, 3.05) is 26.1 Å². The number of nitrogens with one attached hydrogen (secondary N) is 2. The van der Waals surface area contributed by atoms with E-state index < -0.39 is 6.04 Å². The predicted molar refractivity (Wildman–Crippen MR) is 121 cm³/mol. The van der Waals surface area contributed by atoms with Gasteiger partial charge in [-0.1, -0.05) is 24.6 Å². The number of carbonyl (C=O) groups excluding carboxylic acids is 2. The smallest absolute Gasteiger partial charge is 0.246 e. The Morgan fingerprint density at radius 2 is 2.16 bits per heavy atom. The lowest BCUT2D eigenvalue weighted by Gasteiger charge is -2.22. The molecule has 166 valence electrons. The summed E-state index contributed by atoms with van der Waals surface area (Å²) in [6, 6.07) is 9.13. The van der Waals surface area contributed by atoms with Crippen molar-refractivity contribution in [1.29, 1.82) is 0 Å². The van der Waals surface area contributed by atoms with Gasteiger partial charge in [0.2, 0.25) is 11.8 Å². The maximum Gasteiger partial charge on any atom is 0.246 e. The van der Waals surface area contributed by atoms with Crippen LogP contribution in [0.25, 0.3) is 11.1 Å². The van der Waals surface area contributed by atoms with Gasteiger partial charge in [0, 0.05) is 35.5 Å². The first-order chi connectivity index (χ1) is 15.1. The fraction of sp³-hybridized carbons (Fsp3) is 0.435. The summed E-state index contributed by atoms with van der Waals surface area (Å²) in [6.45, 7) is 2.12. The molecule has 2 bridgehead atoms. The largest absolute Gasteiger partial charge is 0.491 e. The van der Waals surface area contributed by atoms with Crippen molar-refractivity contribution in [3.63, 3.8) is 0 Å². The Bertz CT molecular complexity index is 893. The quantitative estimate of drug-likeness (QED) is 0.758.